The standard InChI is InChI=1S/C15H29N3/c1-16-7-3-13(4-8-16)14-5-9-18(10-6-14)15-11-17(2)12-15/h13-15H,3-12H2,1-2H3. The molecular weight excluding hydrogens is 222 g/mol. The van der Waals surface area contributed by atoms with Crippen LogP contribution in [0.25, 0.3) is 0 Å². The summed E-state index contributed by atoms with van der Waals surface area (Å²) in [5, 5.41) is 0. The van der Waals surface area contributed by atoms with Gasteiger partial charge < -0.3 is 9.80 Å². The molecule has 3 fully saturated rings. The first-order valence-electron chi connectivity index (χ1n) is 7.83. The molecule has 0 unspecified atom stereocenters. The summed E-state index contributed by atoms with van der Waals surface area (Å²) in [6.45, 7) is 8.01. The summed E-state index contributed by atoms with van der Waals surface area (Å²) < 4.78 is 0. The van der Waals surface area contributed by atoms with Crippen LogP contribution in [0.3, 0.4) is 0 Å². The Balaban J connectivity index is 1.42. The Labute approximate surface area is 112 Å². The Hall–Kier alpha value is -0.120. The highest BCUT2D eigenvalue weighted by molar-refractivity contribution is 4.90. The number of nitrogens with zero attached hydrogens (tertiary/aromatic N) is 3. The Morgan fingerprint density at radius 1 is 0.667 bits per heavy atom. The first-order valence-corrected chi connectivity index (χ1v) is 7.83. The number of piperidine rings is 2. The van der Waals surface area contributed by atoms with Crippen molar-refractivity contribution < 1.29 is 0 Å². The van der Waals surface area contributed by atoms with Crippen molar-refractivity contribution in [2.75, 3.05) is 53.4 Å². The lowest BCUT2D eigenvalue weighted by molar-refractivity contribution is 0.0162. The maximum atomic E-state index is 2.76. The van der Waals surface area contributed by atoms with E-state index in [0.29, 0.717) is 0 Å². The number of likely N-dealkylation sites (N-methyl/N-ethyl adjacent to an activating group) is 1. The minimum Gasteiger partial charge on any atom is -0.306 e. The average Bonchev–Trinajstić information content (AvgIpc) is 2.36. The first-order chi connectivity index (χ1) is 8.72. The van der Waals surface area contributed by atoms with Gasteiger partial charge in [-0.25, -0.2) is 0 Å². The van der Waals surface area contributed by atoms with Crippen LogP contribution in [0.1, 0.15) is 25.7 Å². The topological polar surface area (TPSA) is 9.72 Å². The largest absolute Gasteiger partial charge is 0.306 e. The molecule has 0 radical (unpaired) electrons. The summed E-state index contributed by atoms with van der Waals surface area (Å²) >= 11 is 0. The van der Waals surface area contributed by atoms with Gasteiger partial charge in [0.1, 0.15) is 0 Å². The molecule has 0 aromatic heterocycles. The van der Waals surface area contributed by atoms with Crippen LogP contribution in [0.15, 0.2) is 0 Å². The van der Waals surface area contributed by atoms with Crippen molar-refractivity contribution in [2.45, 2.75) is 31.7 Å². The summed E-state index contributed by atoms with van der Waals surface area (Å²) in [7, 11) is 4.51. The average molecular weight is 251 g/mol. The molecule has 0 atom stereocenters. The maximum Gasteiger partial charge on any atom is 0.0350 e. The van der Waals surface area contributed by atoms with E-state index in [9.17, 15) is 0 Å². The Bertz CT molecular complexity index is 259. The molecule has 0 bridgehead atoms. The molecule has 3 saturated heterocycles. The van der Waals surface area contributed by atoms with E-state index in [2.05, 4.69) is 28.8 Å². The van der Waals surface area contributed by atoms with Gasteiger partial charge in [-0.1, -0.05) is 0 Å². The lowest BCUT2D eigenvalue weighted by atomic mass is 9.78. The van der Waals surface area contributed by atoms with Gasteiger partial charge >= 0.3 is 0 Å². The maximum absolute atomic E-state index is 2.76. The van der Waals surface area contributed by atoms with E-state index in [1.54, 1.807) is 0 Å². The molecule has 3 nitrogen and oxygen atoms in total. The van der Waals surface area contributed by atoms with E-state index in [0.717, 1.165) is 17.9 Å². The Morgan fingerprint density at radius 2 is 1.17 bits per heavy atom. The van der Waals surface area contributed by atoms with Gasteiger partial charge in [-0.15, -0.1) is 0 Å². The minimum absolute atomic E-state index is 0.883. The monoisotopic (exact) mass is 251 g/mol. The number of rotatable bonds is 2. The van der Waals surface area contributed by atoms with Crippen molar-refractivity contribution in [1.82, 2.24) is 14.7 Å². The van der Waals surface area contributed by atoms with Gasteiger partial charge in [-0.3, -0.25) is 4.90 Å². The van der Waals surface area contributed by atoms with E-state index in [-0.39, 0.29) is 0 Å². The third-order valence-corrected chi connectivity index (χ3v) is 5.57. The fraction of sp³-hybridized carbons (Fsp3) is 1.00. The number of hydrogen-bond donors (Lipinski definition) is 0. The van der Waals surface area contributed by atoms with Crippen LogP contribution in [0.4, 0.5) is 0 Å². The molecule has 3 aliphatic rings. The molecule has 0 aromatic rings. The van der Waals surface area contributed by atoms with Crippen molar-refractivity contribution in [3.63, 3.8) is 0 Å². The lowest BCUT2D eigenvalue weighted by Gasteiger charge is -2.47. The van der Waals surface area contributed by atoms with Crippen LogP contribution in [0, 0.1) is 11.8 Å². The molecule has 3 aliphatic heterocycles. The fourth-order valence-electron chi connectivity index (χ4n) is 4.15. The lowest BCUT2D eigenvalue weighted by Crippen LogP contribution is -2.59. The highest BCUT2D eigenvalue weighted by Crippen LogP contribution is 2.33. The van der Waals surface area contributed by atoms with Crippen LogP contribution in [-0.2, 0) is 0 Å². The van der Waals surface area contributed by atoms with Gasteiger partial charge in [0.2, 0.25) is 0 Å². The molecule has 3 heterocycles. The quantitative estimate of drug-likeness (QED) is 0.733. The van der Waals surface area contributed by atoms with E-state index in [1.165, 1.54) is 65.0 Å². The van der Waals surface area contributed by atoms with Crippen LogP contribution in [-0.4, -0.2) is 74.1 Å². The summed E-state index contributed by atoms with van der Waals surface area (Å²) in [6.07, 6.45) is 5.84. The van der Waals surface area contributed by atoms with E-state index < -0.39 is 0 Å². The zero-order valence-corrected chi connectivity index (χ0v) is 12.1. The van der Waals surface area contributed by atoms with Crippen molar-refractivity contribution in [2.24, 2.45) is 11.8 Å². The second-order valence-corrected chi connectivity index (χ2v) is 6.89. The second-order valence-electron chi connectivity index (χ2n) is 6.89. The third-order valence-electron chi connectivity index (χ3n) is 5.57. The SMILES string of the molecule is CN1CCC(C2CCN(C3CN(C)C3)CC2)CC1. The summed E-state index contributed by atoms with van der Waals surface area (Å²) in [5.41, 5.74) is 0. The first kappa shape index (κ1) is 12.9. The van der Waals surface area contributed by atoms with Crippen molar-refractivity contribution in [3.05, 3.63) is 0 Å². The Kier molecular flexibility index (Phi) is 3.92. The minimum atomic E-state index is 0.883. The fourth-order valence-corrected chi connectivity index (χ4v) is 4.15. The van der Waals surface area contributed by atoms with E-state index >= 15 is 0 Å². The van der Waals surface area contributed by atoms with Gasteiger partial charge in [-0.05, 0) is 77.8 Å². The Morgan fingerprint density at radius 3 is 1.67 bits per heavy atom. The molecule has 0 saturated carbocycles. The zero-order valence-electron chi connectivity index (χ0n) is 12.1. The molecule has 0 N–H and O–H groups in total. The van der Waals surface area contributed by atoms with Gasteiger partial charge in [0.05, 0.1) is 0 Å². The van der Waals surface area contributed by atoms with Gasteiger partial charge in [0, 0.05) is 19.1 Å². The van der Waals surface area contributed by atoms with Crippen molar-refractivity contribution in [3.8, 4) is 0 Å². The highest BCUT2D eigenvalue weighted by atomic mass is 15.3. The van der Waals surface area contributed by atoms with E-state index in [1.807, 2.05) is 0 Å². The van der Waals surface area contributed by atoms with Crippen LogP contribution in [0.2, 0.25) is 0 Å². The van der Waals surface area contributed by atoms with Crippen molar-refractivity contribution >= 4 is 0 Å². The summed E-state index contributed by atoms with van der Waals surface area (Å²) in [5.74, 6) is 2.07. The van der Waals surface area contributed by atoms with E-state index in [4.69, 9.17) is 0 Å². The summed E-state index contributed by atoms with van der Waals surface area (Å²) in [4.78, 5) is 7.69. The highest BCUT2D eigenvalue weighted by Gasteiger charge is 2.34. The van der Waals surface area contributed by atoms with Crippen LogP contribution >= 0.6 is 0 Å². The predicted octanol–water partition coefficient (Wildman–Crippen LogP) is 1.35. The normalized spacial score (nSPS) is 31.7. The molecule has 0 amide bonds. The number of likely N-dealkylation sites (tertiary alicyclic amines) is 3. The third kappa shape index (κ3) is 2.73. The van der Waals surface area contributed by atoms with Crippen LogP contribution < -0.4 is 0 Å². The molecule has 104 valence electrons. The van der Waals surface area contributed by atoms with Crippen molar-refractivity contribution in [1.29, 1.82) is 0 Å². The predicted molar refractivity (Wildman–Crippen MR) is 75.8 cm³/mol. The molecule has 3 heteroatoms. The second kappa shape index (κ2) is 5.48. The van der Waals surface area contributed by atoms with Gasteiger partial charge in [0.25, 0.3) is 0 Å². The molecular formula is C15H29N3. The smallest absolute Gasteiger partial charge is 0.0350 e. The van der Waals surface area contributed by atoms with Crippen LogP contribution in [0.5, 0.6) is 0 Å². The summed E-state index contributed by atoms with van der Waals surface area (Å²) in [6, 6.07) is 0.883. The molecule has 3 rings (SSSR count). The number of hydrogen-bond acceptors (Lipinski definition) is 3. The van der Waals surface area contributed by atoms with Gasteiger partial charge in [-0.2, -0.15) is 0 Å². The zero-order chi connectivity index (χ0) is 12.5. The molecule has 18 heavy (non-hydrogen) atoms. The molecule has 0 aromatic carbocycles. The van der Waals surface area contributed by atoms with Gasteiger partial charge in [0.15, 0.2) is 0 Å². The molecule has 0 spiro atoms. The molecule has 0 aliphatic carbocycles.